The average Bonchev–Trinajstić information content (AvgIpc) is 3.05. The predicted molar refractivity (Wildman–Crippen MR) is 93.4 cm³/mol. The van der Waals surface area contributed by atoms with Gasteiger partial charge < -0.3 is 10.2 Å². The fourth-order valence-corrected chi connectivity index (χ4v) is 2.50. The monoisotopic (exact) mass is 382 g/mol. The molecule has 2 rings (SSSR count). The molecule has 0 radical (unpaired) electrons. The maximum absolute atomic E-state index is 13.7. The van der Waals surface area contributed by atoms with E-state index in [0.717, 1.165) is 17.7 Å². The Labute approximate surface area is 155 Å². The molecule has 9 heteroatoms. The van der Waals surface area contributed by atoms with Gasteiger partial charge in [0, 0.05) is 25.7 Å². The highest BCUT2D eigenvalue weighted by Crippen LogP contribution is 2.19. The molecule has 0 aliphatic heterocycles. The molecule has 27 heavy (non-hydrogen) atoms. The molecule has 0 fully saturated rings. The van der Waals surface area contributed by atoms with Gasteiger partial charge in [-0.1, -0.05) is 6.92 Å². The molecule has 0 saturated carbocycles. The lowest BCUT2D eigenvalue weighted by Crippen LogP contribution is -2.39. The SMILES string of the molecule is CCCN(CC(=O)Nc1ccc(F)c(F)c1F)C(=O)CCn1cc(C)cn1. The van der Waals surface area contributed by atoms with Gasteiger partial charge in [-0.2, -0.15) is 5.10 Å². The molecule has 1 aromatic carbocycles. The Morgan fingerprint density at radius 2 is 1.96 bits per heavy atom. The van der Waals surface area contributed by atoms with E-state index in [-0.39, 0.29) is 18.9 Å². The van der Waals surface area contributed by atoms with Gasteiger partial charge in [0.25, 0.3) is 0 Å². The van der Waals surface area contributed by atoms with E-state index in [2.05, 4.69) is 10.4 Å². The second kappa shape index (κ2) is 9.20. The van der Waals surface area contributed by atoms with Crippen LogP contribution in [-0.2, 0) is 16.1 Å². The minimum absolute atomic E-state index is 0.147. The third-order valence-electron chi connectivity index (χ3n) is 3.81. The molecule has 6 nitrogen and oxygen atoms in total. The van der Waals surface area contributed by atoms with E-state index in [9.17, 15) is 22.8 Å². The number of nitrogens with one attached hydrogen (secondary N) is 1. The Morgan fingerprint density at radius 1 is 1.22 bits per heavy atom. The van der Waals surface area contributed by atoms with E-state index in [1.165, 1.54) is 4.90 Å². The zero-order valence-corrected chi connectivity index (χ0v) is 15.1. The molecule has 146 valence electrons. The lowest BCUT2D eigenvalue weighted by atomic mass is 10.2. The average molecular weight is 382 g/mol. The van der Waals surface area contributed by atoms with Crippen LogP contribution in [0.25, 0.3) is 0 Å². The van der Waals surface area contributed by atoms with Crippen molar-refractivity contribution in [3.05, 3.63) is 47.5 Å². The first-order valence-electron chi connectivity index (χ1n) is 8.52. The van der Waals surface area contributed by atoms with Gasteiger partial charge in [-0.3, -0.25) is 14.3 Å². The number of benzene rings is 1. The van der Waals surface area contributed by atoms with Crippen LogP contribution in [0.5, 0.6) is 0 Å². The summed E-state index contributed by atoms with van der Waals surface area (Å²) in [6.07, 6.45) is 4.25. The number of nitrogens with zero attached hydrogens (tertiary/aromatic N) is 3. The summed E-state index contributed by atoms with van der Waals surface area (Å²) in [5.74, 6) is -5.45. The van der Waals surface area contributed by atoms with Crippen LogP contribution < -0.4 is 5.32 Å². The Balaban J connectivity index is 1.96. The largest absolute Gasteiger partial charge is 0.333 e. The normalized spacial score (nSPS) is 10.7. The summed E-state index contributed by atoms with van der Waals surface area (Å²) in [4.78, 5) is 25.8. The smallest absolute Gasteiger partial charge is 0.244 e. The number of anilines is 1. The van der Waals surface area contributed by atoms with Crippen LogP contribution in [0.2, 0.25) is 0 Å². The maximum Gasteiger partial charge on any atom is 0.244 e. The highest BCUT2D eigenvalue weighted by molar-refractivity contribution is 5.94. The van der Waals surface area contributed by atoms with Gasteiger partial charge in [0.1, 0.15) is 0 Å². The molecule has 0 aliphatic rings. The minimum Gasteiger partial charge on any atom is -0.333 e. The van der Waals surface area contributed by atoms with Crippen LogP contribution in [0.1, 0.15) is 25.3 Å². The zero-order valence-electron chi connectivity index (χ0n) is 15.1. The topological polar surface area (TPSA) is 67.2 Å². The fourth-order valence-electron chi connectivity index (χ4n) is 2.50. The summed E-state index contributed by atoms with van der Waals surface area (Å²) in [6, 6.07) is 1.65. The van der Waals surface area contributed by atoms with Gasteiger partial charge in [-0.05, 0) is 31.0 Å². The van der Waals surface area contributed by atoms with Crippen molar-refractivity contribution in [3.8, 4) is 0 Å². The summed E-state index contributed by atoms with van der Waals surface area (Å²) in [5.41, 5.74) is 0.496. The van der Waals surface area contributed by atoms with Gasteiger partial charge in [0.15, 0.2) is 17.5 Å². The molecule has 0 unspecified atom stereocenters. The highest BCUT2D eigenvalue weighted by atomic mass is 19.2. The Bertz CT molecular complexity index is 823. The summed E-state index contributed by atoms with van der Waals surface area (Å²) in [5, 5.41) is 6.26. The molecule has 2 aromatic rings. The number of carbonyl (C=O) groups is 2. The summed E-state index contributed by atoms with van der Waals surface area (Å²) in [6.45, 7) is 4.13. The van der Waals surface area contributed by atoms with Crippen molar-refractivity contribution in [1.82, 2.24) is 14.7 Å². The van der Waals surface area contributed by atoms with Crippen molar-refractivity contribution < 1.29 is 22.8 Å². The van der Waals surface area contributed by atoms with Crippen LogP contribution in [0.15, 0.2) is 24.5 Å². The second-order valence-corrected chi connectivity index (χ2v) is 6.12. The van der Waals surface area contributed by atoms with Crippen molar-refractivity contribution in [1.29, 1.82) is 0 Å². The fraction of sp³-hybridized carbons (Fsp3) is 0.389. The van der Waals surface area contributed by atoms with E-state index >= 15 is 0 Å². The first-order chi connectivity index (χ1) is 12.8. The molecular formula is C18H21F3N4O2. The Kier molecular flexibility index (Phi) is 6.98. The van der Waals surface area contributed by atoms with E-state index < -0.39 is 29.0 Å². The number of amides is 2. The van der Waals surface area contributed by atoms with Gasteiger partial charge in [0.2, 0.25) is 11.8 Å². The summed E-state index contributed by atoms with van der Waals surface area (Å²) in [7, 11) is 0. The lowest BCUT2D eigenvalue weighted by molar-refractivity contribution is -0.135. The maximum atomic E-state index is 13.7. The lowest BCUT2D eigenvalue weighted by Gasteiger charge is -2.21. The van der Waals surface area contributed by atoms with Crippen molar-refractivity contribution in [3.63, 3.8) is 0 Å². The molecule has 0 saturated heterocycles. The molecule has 2 amide bonds. The quantitative estimate of drug-likeness (QED) is 0.714. The standard InChI is InChI=1S/C18H21F3N4O2/c1-3-7-24(16(27)6-8-25-10-12(2)9-22-25)11-15(26)23-14-5-4-13(19)17(20)18(14)21/h4-5,9-10H,3,6-8,11H2,1-2H3,(H,23,26). The van der Waals surface area contributed by atoms with E-state index in [1.807, 2.05) is 13.8 Å². The predicted octanol–water partition coefficient (Wildman–Crippen LogP) is 2.88. The van der Waals surface area contributed by atoms with Gasteiger partial charge in [-0.15, -0.1) is 0 Å². The van der Waals surface area contributed by atoms with E-state index in [4.69, 9.17) is 0 Å². The third-order valence-corrected chi connectivity index (χ3v) is 3.81. The Hall–Kier alpha value is -2.84. The number of aryl methyl sites for hydroxylation is 2. The molecule has 1 N–H and O–H groups in total. The molecule has 0 atom stereocenters. The van der Waals surface area contributed by atoms with Gasteiger partial charge >= 0.3 is 0 Å². The summed E-state index contributed by atoms with van der Waals surface area (Å²) < 4.78 is 41.5. The van der Waals surface area contributed by atoms with Crippen molar-refractivity contribution in [2.75, 3.05) is 18.4 Å². The van der Waals surface area contributed by atoms with Crippen molar-refractivity contribution in [2.45, 2.75) is 33.2 Å². The molecular weight excluding hydrogens is 361 g/mol. The van der Waals surface area contributed by atoms with Crippen LogP contribution in [-0.4, -0.2) is 39.6 Å². The zero-order chi connectivity index (χ0) is 20.0. The molecule has 1 aromatic heterocycles. The number of carbonyl (C=O) groups excluding carboxylic acids is 2. The molecule has 1 heterocycles. The minimum atomic E-state index is -1.66. The van der Waals surface area contributed by atoms with Crippen LogP contribution >= 0.6 is 0 Å². The first-order valence-corrected chi connectivity index (χ1v) is 8.52. The second-order valence-electron chi connectivity index (χ2n) is 6.12. The number of rotatable bonds is 8. The van der Waals surface area contributed by atoms with E-state index in [1.54, 1.807) is 17.1 Å². The molecule has 0 spiro atoms. The van der Waals surface area contributed by atoms with Gasteiger partial charge in [-0.25, -0.2) is 13.2 Å². The Morgan fingerprint density at radius 3 is 2.59 bits per heavy atom. The van der Waals surface area contributed by atoms with Gasteiger partial charge in [0.05, 0.1) is 18.4 Å². The molecule has 0 aliphatic carbocycles. The highest BCUT2D eigenvalue weighted by Gasteiger charge is 2.19. The van der Waals surface area contributed by atoms with Crippen LogP contribution in [0.4, 0.5) is 18.9 Å². The third kappa shape index (κ3) is 5.57. The number of hydrogen-bond donors (Lipinski definition) is 1. The van der Waals surface area contributed by atoms with Crippen LogP contribution in [0, 0.1) is 24.4 Å². The van der Waals surface area contributed by atoms with Crippen molar-refractivity contribution in [2.24, 2.45) is 0 Å². The summed E-state index contributed by atoms with van der Waals surface area (Å²) >= 11 is 0. The van der Waals surface area contributed by atoms with Crippen LogP contribution in [0.3, 0.4) is 0 Å². The van der Waals surface area contributed by atoms with E-state index in [0.29, 0.717) is 19.5 Å². The number of hydrogen-bond acceptors (Lipinski definition) is 3. The molecule has 0 bridgehead atoms. The number of aromatic nitrogens is 2. The first kappa shape index (κ1) is 20.5. The van der Waals surface area contributed by atoms with Crippen molar-refractivity contribution >= 4 is 17.5 Å². The number of halogens is 3.